The molecule has 31 heavy (non-hydrogen) atoms. The third-order valence-electron chi connectivity index (χ3n) is 4.00. The Kier molecular flexibility index (Phi) is 9.25. The Hall–Kier alpha value is -1.06. The van der Waals surface area contributed by atoms with Gasteiger partial charge < -0.3 is 15.4 Å². The number of benzene rings is 3. The summed E-state index contributed by atoms with van der Waals surface area (Å²) in [5.41, 5.74) is 6.08. The molecule has 0 saturated carbocycles. The fourth-order valence-corrected chi connectivity index (χ4v) is 3.90. The van der Waals surface area contributed by atoms with Crippen molar-refractivity contribution < 1.29 is 90.2 Å². The van der Waals surface area contributed by atoms with Crippen molar-refractivity contribution in [2.45, 2.75) is 16.7 Å². The van der Waals surface area contributed by atoms with Crippen molar-refractivity contribution in [3.63, 3.8) is 0 Å². The fraction of sp³-hybridized carbons (Fsp3) is 0.0588. The van der Waals surface area contributed by atoms with E-state index in [2.05, 4.69) is 10.2 Å². The number of nitrogens with zero attached hydrogens (tertiary/aromatic N) is 2. The van der Waals surface area contributed by atoms with Gasteiger partial charge in [0.2, 0.25) is 0 Å². The van der Waals surface area contributed by atoms with Crippen molar-refractivity contribution in [3.05, 3.63) is 48.0 Å². The molecule has 0 fully saturated rings. The molecule has 3 aromatic rings. The summed E-state index contributed by atoms with van der Waals surface area (Å²) in [7, 11) is -9.44. The predicted molar refractivity (Wildman–Crippen MR) is 101 cm³/mol. The molecule has 0 aliphatic carbocycles. The smallest absolute Gasteiger partial charge is 0.872 e. The minimum atomic E-state index is -4.85. The minimum absolute atomic E-state index is 0. The van der Waals surface area contributed by atoms with Gasteiger partial charge in [-0.2, -0.15) is 8.42 Å². The number of aryl methyl sites for hydroxylation is 1. The van der Waals surface area contributed by atoms with Gasteiger partial charge in [-0.15, -0.1) is 10.2 Å². The molecule has 0 bridgehead atoms. The number of nitrogens with two attached hydrogens (primary N) is 1. The van der Waals surface area contributed by atoms with Crippen LogP contribution in [0.3, 0.4) is 0 Å². The maximum absolute atomic E-state index is 12.4. The van der Waals surface area contributed by atoms with Gasteiger partial charge in [0.15, 0.2) is 0 Å². The largest absolute Gasteiger partial charge is 1.00 e. The van der Waals surface area contributed by atoms with Crippen molar-refractivity contribution >= 4 is 48.1 Å². The summed E-state index contributed by atoms with van der Waals surface area (Å²) in [6.45, 7) is 1.61. The average Bonchev–Trinajstić information content (AvgIpc) is 2.60. The second-order valence-corrected chi connectivity index (χ2v) is 8.89. The summed E-state index contributed by atoms with van der Waals surface area (Å²) in [6.07, 6.45) is 0. The van der Waals surface area contributed by atoms with Crippen molar-refractivity contribution in [2.24, 2.45) is 10.2 Å². The molecule has 152 valence electrons. The minimum Gasteiger partial charge on any atom is -0.872 e. The zero-order chi connectivity index (χ0) is 21.6. The predicted octanol–water partition coefficient (Wildman–Crippen LogP) is -3.62. The molecule has 0 atom stereocenters. The first-order valence-electron chi connectivity index (χ1n) is 7.87. The van der Waals surface area contributed by atoms with E-state index in [4.69, 9.17) is 5.73 Å². The number of nitrogen functional groups attached to an aromatic ring is 1. The number of hydrogen-bond donors (Lipinski definition) is 2. The maximum Gasteiger partial charge on any atom is 1.00 e. The Morgan fingerprint density at radius 1 is 0.968 bits per heavy atom. The molecule has 0 spiro atoms. The van der Waals surface area contributed by atoms with Gasteiger partial charge in [0.1, 0.15) is 26.4 Å². The number of azo groups is 1. The molecule has 10 nitrogen and oxygen atoms in total. The molecule has 3 rings (SSSR count). The molecule has 0 heterocycles. The molecule has 3 aromatic carbocycles. The molecule has 0 amide bonds. The normalized spacial score (nSPS) is 11.8. The van der Waals surface area contributed by atoms with Crippen molar-refractivity contribution in [2.75, 3.05) is 5.73 Å². The van der Waals surface area contributed by atoms with Gasteiger partial charge in [0.25, 0.3) is 10.1 Å². The molecule has 0 aliphatic heterocycles. The van der Waals surface area contributed by atoms with Crippen LogP contribution < -0.4 is 70.0 Å². The van der Waals surface area contributed by atoms with Crippen LogP contribution in [0, 0.1) is 6.92 Å². The zero-order valence-corrected chi connectivity index (χ0v) is 22.4. The van der Waals surface area contributed by atoms with Crippen LogP contribution in [-0.2, 0) is 20.2 Å². The van der Waals surface area contributed by atoms with Crippen molar-refractivity contribution in [3.8, 4) is 5.75 Å². The summed E-state index contributed by atoms with van der Waals surface area (Å²) >= 11 is 0. The Balaban J connectivity index is 0.00000240. The third-order valence-corrected chi connectivity index (χ3v) is 5.69. The van der Waals surface area contributed by atoms with E-state index in [-0.39, 0.29) is 86.9 Å². The Bertz CT molecular complexity index is 1390. The van der Waals surface area contributed by atoms with Crippen LogP contribution in [0.25, 0.3) is 10.8 Å². The number of anilines is 1. The van der Waals surface area contributed by atoms with Crippen molar-refractivity contribution in [1.82, 2.24) is 0 Å². The van der Waals surface area contributed by atoms with Gasteiger partial charge in [-0.1, -0.05) is 23.9 Å². The van der Waals surface area contributed by atoms with Crippen LogP contribution in [0.5, 0.6) is 5.75 Å². The Labute approximate surface area is 222 Å². The number of hydrogen-bond acceptors (Lipinski definition) is 9. The topological polar surface area (TPSA) is 185 Å². The van der Waals surface area contributed by atoms with Crippen LogP contribution in [0.2, 0.25) is 0 Å². The summed E-state index contributed by atoms with van der Waals surface area (Å²) in [4.78, 5) is -1.18. The van der Waals surface area contributed by atoms with Crippen LogP contribution in [-0.4, -0.2) is 25.9 Å². The summed E-state index contributed by atoms with van der Waals surface area (Å²) in [6, 6.07) is 8.38. The molecule has 0 saturated heterocycles. The monoisotopic (exact) mass is 481 g/mol. The van der Waals surface area contributed by atoms with E-state index in [9.17, 15) is 31.0 Å². The molecule has 0 aromatic heterocycles. The van der Waals surface area contributed by atoms with E-state index in [0.29, 0.717) is 11.6 Å². The fourth-order valence-electron chi connectivity index (χ4n) is 2.66. The van der Waals surface area contributed by atoms with Gasteiger partial charge in [-0.3, -0.25) is 4.55 Å². The number of fused-ring (bicyclic) bond motifs is 1. The van der Waals surface area contributed by atoms with Gasteiger partial charge in [-0.05, 0) is 42.1 Å². The van der Waals surface area contributed by atoms with E-state index in [1.807, 2.05) is 0 Å². The second-order valence-electron chi connectivity index (χ2n) is 6.12. The third kappa shape index (κ3) is 6.26. The van der Waals surface area contributed by atoms with E-state index in [1.165, 1.54) is 24.3 Å². The summed E-state index contributed by atoms with van der Waals surface area (Å²) < 4.78 is 66.2. The Morgan fingerprint density at radius 3 is 2.19 bits per heavy atom. The van der Waals surface area contributed by atoms with Crippen molar-refractivity contribution in [1.29, 1.82) is 0 Å². The molecular weight excluding hydrogens is 468 g/mol. The quantitative estimate of drug-likeness (QED) is 0.165. The average molecular weight is 481 g/mol. The molecule has 0 aliphatic rings. The van der Waals surface area contributed by atoms with Crippen LogP contribution in [0.1, 0.15) is 5.56 Å². The first-order chi connectivity index (χ1) is 13.4. The van der Waals surface area contributed by atoms with E-state index in [1.54, 1.807) is 13.0 Å². The first-order valence-corrected chi connectivity index (χ1v) is 10.7. The van der Waals surface area contributed by atoms with Crippen LogP contribution in [0.4, 0.5) is 17.1 Å². The van der Waals surface area contributed by atoms with Crippen LogP contribution >= 0.6 is 0 Å². The molecular formula is C17H13N3Na2O7S2. The van der Waals surface area contributed by atoms with E-state index < -0.39 is 35.8 Å². The Morgan fingerprint density at radius 2 is 1.61 bits per heavy atom. The van der Waals surface area contributed by atoms with Gasteiger partial charge in [0.05, 0.1) is 10.6 Å². The molecule has 3 N–H and O–H groups in total. The van der Waals surface area contributed by atoms with Crippen LogP contribution in [0.15, 0.2) is 62.5 Å². The van der Waals surface area contributed by atoms with Gasteiger partial charge in [0, 0.05) is 5.39 Å². The maximum atomic E-state index is 12.4. The summed E-state index contributed by atoms with van der Waals surface area (Å²) in [5.74, 6) is -0.822. The first kappa shape index (κ1) is 28.0. The van der Waals surface area contributed by atoms with E-state index in [0.717, 1.165) is 6.07 Å². The van der Waals surface area contributed by atoms with Gasteiger partial charge >= 0.3 is 59.1 Å². The summed E-state index contributed by atoms with van der Waals surface area (Å²) in [5, 5.41) is 20.1. The number of rotatable bonds is 4. The van der Waals surface area contributed by atoms with Gasteiger partial charge in [-0.25, -0.2) is 8.42 Å². The molecule has 0 unspecified atom stereocenters. The van der Waals surface area contributed by atoms with E-state index >= 15 is 0 Å². The SMILES string of the molecule is Cc1ccc(N=Nc2c(N)ccc3cc(S(=O)(=O)[O-])cc([O-])c23)c(S(=O)(=O)O)c1.[Na+].[Na+]. The second kappa shape index (κ2) is 10.3. The zero-order valence-electron chi connectivity index (χ0n) is 16.7. The molecule has 14 heteroatoms. The molecule has 0 radical (unpaired) electrons. The standard InChI is InChI=1S/C17H15N3O7S2.2Na/c1-9-2-5-13(15(6-9)29(25,26)27)19-20-17-12(18)4-3-10-7-11(28(22,23)24)8-14(21)16(10)17;;/h2-8,21H,18H2,1H3,(H,22,23,24)(H,25,26,27);;/q;2*+1/p-2.